The van der Waals surface area contributed by atoms with Crippen LogP contribution >= 0.6 is 0 Å². The Kier molecular flexibility index (Phi) is 4.75. The molecule has 1 aliphatic rings. The second kappa shape index (κ2) is 6.21. The highest BCUT2D eigenvalue weighted by atomic mass is 19.4. The predicted molar refractivity (Wildman–Crippen MR) is 73.0 cm³/mol. The van der Waals surface area contributed by atoms with E-state index < -0.39 is 11.7 Å². The lowest BCUT2D eigenvalue weighted by atomic mass is 10.0. The first-order valence-corrected chi connectivity index (χ1v) is 6.76. The summed E-state index contributed by atoms with van der Waals surface area (Å²) in [6.45, 7) is 2.66. The zero-order valence-electron chi connectivity index (χ0n) is 11.7. The standard InChI is InChI=1S/C14H19F3N2O2/c1-9-8-21-12(7-20)6-19(9)13-3-2-11(14(15,16)17)4-10(13)5-18/h2-4,9,12,20H,5-8,18H2,1H3. The zero-order valence-corrected chi connectivity index (χ0v) is 11.7. The molecule has 2 atom stereocenters. The minimum atomic E-state index is -4.38. The minimum absolute atomic E-state index is 0.00911. The number of anilines is 1. The molecule has 4 nitrogen and oxygen atoms in total. The highest BCUT2D eigenvalue weighted by molar-refractivity contribution is 5.56. The number of ether oxygens (including phenoxy) is 1. The van der Waals surface area contributed by atoms with E-state index >= 15 is 0 Å². The van der Waals surface area contributed by atoms with Gasteiger partial charge in [-0.2, -0.15) is 13.2 Å². The summed E-state index contributed by atoms with van der Waals surface area (Å²) >= 11 is 0. The quantitative estimate of drug-likeness (QED) is 0.893. The number of hydrogen-bond donors (Lipinski definition) is 2. The van der Waals surface area contributed by atoms with Crippen molar-refractivity contribution in [1.29, 1.82) is 0 Å². The monoisotopic (exact) mass is 304 g/mol. The molecular formula is C14H19F3N2O2. The van der Waals surface area contributed by atoms with Crippen LogP contribution in [0.3, 0.4) is 0 Å². The van der Waals surface area contributed by atoms with Gasteiger partial charge >= 0.3 is 6.18 Å². The molecule has 2 rings (SSSR count). The van der Waals surface area contributed by atoms with E-state index in [9.17, 15) is 18.3 Å². The van der Waals surface area contributed by atoms with Crippen molar-refractivity contribution >= 4 is 5.69 Å². The molecule has 1 aliphatic heterocycles. The Morgan fingerprint density at radius 2 is 2.14 bits per heavy atom. The van der Waals surface area contributed by atoms with Gasteiger partial charge in [0.15, 0.2) is 0 Å². The Balaban J connectivity index is 2.34. The van der Waals surface area contributed by atoms with Crippen molar-refractivity contribution in [2.24, 2.45) is 5.73 Å². The van der Waals surface area contributed by atoms with Crippen LogP contribution in [0.5, 0.6) is 0 Å². The van der Waals surface area contributed by atoms with Crippen LogP contribution in [0, 0.1) is 0 Å². The van der Waals surface area contributed by atoms with Crippen molar-refractivity contribution in [3.05, 3.63) is 29.3 Å². The van der Waals surface area contributed by atoms with Crippen LogP contribution in [0.15, 0.2) is 18.2 Å². The lowest BCUT2D eigenvalue weighted by Crippen LogP contribution is -2.50. The summed E-state index contributed by atoms with van der Waals surface area (Å²) in [5, 5.41) is 9.19. The topological polar surface area (TPSA) is 58.7 Å². The number of aliphatic hydroxyl groups is 1. The number of rotatable bonds is 3. The molecule has 0 radical (unpaired) electrons. The third-order valence-corrected chi connectivity index (χ3v) is 3.65. The summed E-state index contributed by atoms with van der Waals surface area (Å²) < 4.78 is 43.7. The summed E-state index contributed by atoms with van der Waals surface area (Å²) in [5.41, 5.74) is 6.01. The maximum Gasteiger partial charge on any atom is 0.416 e. The van der Waals surface area contributed by atoms with Crippen LogP contribution in [-0.2, 0) is 17.5 Å². The van der Waals surface area contributed by atoms with Crippen molar-refractivity contribution in [2.75, 3.05) is 24.7 Å². The summed E-state index contributed by atoms with van der Waals surface area (Å²) in [6.07, 6.45) is -4.72. The molecule has 0 saturated carbocycles. The average molecular weight is 304 g/mol. The molecular weight excluding hydrogens is 285 g/mol. The van der Waals surface area contributed by atoms with E-state index in [2.05, 4.69) is 0 Å². The van der Waals surface area contributed by atoms with Gasteiger partial charge in [-0.3, -0.25) is 0 Å². The van der Waals surface area contributed by atoms with Gasteiger partial charge in [0.2, 0.25) is 0 Å². The van der Waals surface area contributed by atoms with Gasteiger partial charge in [-0.1, -0.05) is 0 Å². The number of benzene rings is 1. The van der Waals surface area contributed by atoms with E-state index in [1.807, 2.05) is 11.8 Å². The van der Waals surface area contributed by atoms with Crippen LogP contribution in [-0.4, -0.2) is 37.0 Å². The van der Waals surface area contributed by atoms with Gasteiger partial charge in [0.05, 0.1) is 24.9 Å². The third kappa shape index (κ3) is 3.48. The fraction of sp³-hybridized carbons (Fsp3) is 0.571. The number of halogens is 3. The molecule has 1 aromatic rings. The van der Waals surface area contributed by atoms with Crippen molar-refractivity contribution in [3.8, 4) is 0 Å². The van der Waals surface area contributed by atoms with E-state index in [0.717, 1.165) is 12.1 Å². The maximum absolute atomic E-state index is 12.8. The Morgan fingerprint density at radius 3 is 2.71 bits per heavy atom. The van der Waals surface area contributed by atoms with Crippen LogP contribution < -0.4 is 10.6 Å². The molecule has 2 unspecified atom stereocenters. The van der Waals surface area contributed by atoms with E-state index in [-0.39, 0.29) is 25.3 Å². The normalized spacial score (nSPS) is 23.4. The Morgan fingerprint density at radius 1 is 1.43 bits per heavy atom. The summed E-state index contributed by atoms with van der Waals surface area (Å²) in [6, 6.07) is 3.60. The first kappa shape index (κ1) is 16.1. The second-order valence-electron chi connectivity index (χ2n) is 5.18. The fourth-order valence-electron chi connectivity index (χ4n) is 2.47. The van der Waals surface area contributed by atoms with E-state index in [1.165, 1.54) is 6.07 Å². The van der Waals surface area contributed by atoms with Gasteiger partial charge in [0.1, 0.15) is 0 Å². The Labute approximate surface area is 121 Å². The zero-order chi connectivity index (χ0) is 15.6. The largest absolute Gasteiger partial charge is 0.416 e. The fourth-order valence-corrected chi connectivity index (χ4v) is 2.47. The molecule has 1 fully saturated rings. The smallest absolute Gasteiger partial charge is 0.394 e. The van der Waals surface area contributed by atoms with Crippen LogP contribution in [0.2, 0.25) is 0 Å². The molecule has 0 amide bonds. The lowest BCUT2D eigenvalue weighted by molar-refractivity contribution is -0.137. The molecule has 7 heteroatoms. The van der Waals surface area contributed by atoms with Gasteiger partial charge in [-0.05, 0) is 30.7 Å². The average Bonchev–Trinajstić information content (AvgIpc) is 2.46. The number of morpholine rings is 1. The molecule has 118 valence electrons. The van der Waals surface area contributed by atoms with Gasteiger partial charge in [0, 0.05) is 24.8 Å². The van der Waals surface area contributed by atoms with Crippen molar-refractivity contribution in [2.45, 2.75) is 31.8 Å². The van der Waals surface area contributed by atoms with E-state index in [1.54, 1.807) is 0 Å². The third-order valence-electron chi connectivity index (χ3n) is 3.65. The van der Waals surface area contributed by atoms with Crippen LogP contribution in [0.1, 0.15) is 18.1 Å². The number of aliphatic hydroxyl groups excluding tert-OH is 1. The van der Waals surface area contributed by atoms with Gasteiger partial charge in [-0.25, -0.2) is 0 Å². The van der Waals surface area contributed by atoms with Crippen molar-refractivity contribution in [1.82, 2.24) is 0 Å². The highest BCUT2D eigenvalue weighted by Gasteiger charge is 2.32. The molecule has 1 saturated heterocycles. The maximum atomic E-state index is 12.8. The minimum Gasteiger partial charge on any atom is -0.394 e. The molecule has 21 heavy (non-hydrogen) atoms. The molecule has 0 bridgehead atoms. The van der Waals surface area contributed by atoms with Crippen molar-refractivity contribution < 1.29 is 23.0 Å². The highest BCUT2D eigenvalue weighted by Crippen LogP contribution is 2.34. The molecule has 3 N–H and O–H groups in total. The molecule has 0 aromatic heterocycles. The summed E-state index contributed by atoms with van der Waals surface area (Å²) in [5.74, 6) is 0. The van der Waals surface area contributed by atoms with E-state index in [0.29, 0.717) is 24.4 Å². The number of alkyl halides is 3. The SMILES string of the molecule is CC1COC(CO)CN1c1ccc(C(F)(F)F)cc1CN. The van der Waals surface area contributed by atoms with Crippen molar-refractivity contribution in [3.63, 3.8) is 0 Å². The van der Waals surface area contributed by atoms with Gasteiger partial charge in [0.25, 0.3) is 0 Å². The number of nitrogens with zero attached hydrogens (tertiary/aromatic N) is 1. The summed E-state index contributed by atoms with van der Waals surface area (Å²) in [7, 11) is 0. The molecule has 0 aliphatic carbocycles. The van der Waals surface area contributed by atoms with Gasteiger partial charge in [-0.15, -0.1) is 0 Å². The number of nitrogens with two attached hydrogens (primary N) is 1. The van der Waals surface area contributed by atoms with Crippen LogP contribution in [0.4, 0.5) is 18.9 Å². The van der Waals surface area contributed by atoms with E-state index in [4.69, 9.17) is 10.5 Å². The number of hydrogen-bond acceptors (Lipinski definition) is 4. The summed E-state index contributed by atoms with van der Waals surface area (Å²) in [4.78, 5) is 1.94. The Bertz CT molecular complexity index is 494. The molecule has 0 spiro atoms. The second-order valence-corrected chi connectivity index (χ2v) is 5.18. The van der Waals surface area contributed by atoms with Gasteiger partial charge < -0.3 is 20.5 Å². The first-order chi connectivity index (χ1) is 9.86. The molecule has 1 heterocycles. The lowest BCUT2D eigenvalue weighted by Gasteiger charge is -2.40. The molecule has 1 aromatic carbocycles. The predicted octanol–water partition coefficient (Wildman–Crippen LogP) is 1.75. The first-order valence-electron chi connectivity index (χ1n) is 6.76. The Hall–Kier alpha value is -1.31. The van der Waals surface area contributed by atoms with Crippen LogP contribution in [0.25, 0.3) is 0 Å².